The lowest BCUT2D eigenvalue weighted by molar-refractivity contribution is 0.318. The molecule has 324 valence electrons. The van der Waals surface area contributed by atoms with Crippen LogP contribution in [0.1, 0.15) is 171 Å². The van der Waals surface area contributed by atoms with E-state index in [1.165, 1.54) is 61.3 Å². The Hall–Kier alpha value is 3.36. The van der Waals surface area contributed by atoms with Gasteiger partial charge in [-0.3, -0.25) is 0 Å². The summed E-state index contributed by atoms with van der Waals surface area (Å²) in [6.45, 7) is 50.1. The van der Waals surface area contributed by atoms with Crippen molar-refractivity contribution in [1.82, 2.24) is 0 Å². The zero-order chi connectivity index (χ0) is 42.2. The molecule has 0 saturated carbocycles. The minimum Gasteiger partial charge on any atom is -0.153 e. The number of hydrogen-bond acceptors (Lipinski definition) is 3. The first-order valence-electron chi connectivity index (χ1n) is 18.9. The van der Waals surface area contributed by atoms with Crippen molar-refractivity contribution < 1.29 is 0 Å². The van der Waals surface area contributed by atoms with Gasteiger partial charge in [0, 0.05) is 80.9 Å². The summed E-state index contributed by atoms with van der Waals surface area (Å²) >= 11 is 20.0. The Bertz CT molecular complexity index is 1180. The van der Waals surface area contributed by atoms with Crippen molar-refractivity contribution in [2.24, 2.45) is 50.7 Å². The van der Waals surface area contributed by atoms with Crippen molar-refractivity contribution in [2.45, 2.75) is 171 Å². The molecule has 0 saturated heterocycles. The van der Waals surface area contributed by atoms with Crippen LogP contribution in [0.3, 0.4) is 0 Å². The Labute approximate surface area is 377 Å². The third-order valence-corrected chi connectivity index (χ3v) is 24.3. The molecular formula is C40H89P3S10. The van der Waals surface area contributed by atoms with Crippen molar-refractivity contribution in [3.05, 3.63) is 12.2 Å². The maximum Gasteiger partial charge on any atom is 0.00395 e. The van der Waals surface area contributed by atoms with Gasteiger partial charge >= 0.3 is 0 Å². The summed E-state index contributed by atoms with van der Waals surface area (Å²) in [4.78, 5) is 0. The second kappa shape index (κ2) is 33.0. The lowest BCUT2D eigenvalue weighted by Crippen LogP contribution is -2.17. The molecule has 0 N–H and O–H groups in total. The highest BCUT2D eigenvalue weighted by Crippen LogP contribution is 2.55. The highest BCUT2D eigenvalue weighted by atomic mass is 33.4. The smallest absolute Gasteiger partial charge is 0.00395 e. The maximum atomic E-state index is 5.85. The molecule has 0 fully saturated rings. The van der Waals surface area contributed by atoms with Crippen LogP contribution in [-0.2, 0) is 87.5 Å². The summed E-state index contributed by atoms with van der Waals surface area (Å²) in [6.07, 6.45) is 11.5. The number of allylic oxidation sites excluding steroid dienone is 1. The SMILES string of the molecule is C=C(C)CC(C)(C)C.CC(CC(C)(C)C)CP(=S)(S)CC(C)CC(C)(C)C.CC(CPCC(C)CC(C)(C)C)CC(C)(C)C.P.S=S=S=S=S=S=S=S. The van der Waals surface area contributed by atoms with E-state index in [-0.39, 0.29) is 9.90 Å². The first-order chi connectivity index (χ1) is 23.0. The average molecular weight is 984 g/mol. The fourth-order valence-corrected chi connectivity index (χ4v) is 25.0. The molecule has 0 bridgehead atoms. The monoisotopic (exact) mass is 982 g/mol. The molecule has 0 aliphatic carbocycles. The van der Waals surface area contributed by atoms with Crippen LogP contribution in [0.15, 0.2) is 12.2 Å². The van der Waals surface area contributed by atoms with Gasteiger partial charge in [-0.05, 0) is 114 Å². The van der Waals surface area contributed by atoms with Crippen molar-refractivity contribution in [3.8, 4) is 0 Å². The summed E-state index contributed by atoms with van der Waals surface area (Å²) in [7, 11) is 10.3. The molecule has 0 aromatic carbocycles. The second-order valence-corrected chi connectivity index (χ2v) is 41.0. The molecule has 0 aromatic rings. The minimum atomic E-state index is -1.45. The maximum absolute atomic E-state index is 5.85. The Morgan fingerprint density at radius 2 is 0.830 bits per heavy atom. The van der Waals surface area contributed by atoms with Gasteiger partial charge in [0.15, 0.2) is 0 Å². The Morgan fingerprint density at radius 1 is 0.566 bits per heavy atom. The van der Waals surface area contributed by atoms with Gasteiger partial charge in [0.1, 0.15) is 0 Å². The molecule has 53 heavy (non-hydrogen) atoms. The van der Waals surface area contributed by atoms with Gasteiger partial charge in [-0.2, -0.15) is 9.90 Å². The third-order valence-electron chi connectivity index (χ3n) is 6.99. The van der Waals surface area contributed by atoms with E-state index in [4.69, 9.17) is 24.1 Å². The predicted molar refractivity (Wildman–Crippen MR) is 293 cm³/mol. The molecule has 0 nitrogen and oxygen atoms in total. The fraction of sp³-hybridized carbons (Fsp3) is 0.950. The molecule has 5 unspecified atom stereocenters. The van der Waals surface area contributed by atoms with Gasteiger partial charge in [0.2, 0.25) is 0 Å². The molecule has 5 atom stereocenters. The van der Waals surface area contributed by atoms with Crippen LogP contribution in [0.5, 0.6) is 0 Å². The summed E-state index contributed by atoms with van der Waals surface area (Å²) in [5.74, 6) is 3.20. The summed E-state index contributed by atoms with van der Waals surface area (Å²) in [5, 5.41) is -1.45. The number of thiol groups is 1. The molecule has 0 aliphatic heterocycles. The molecule has 0 aliphatic rings. The van der Waals surface area contributed by atoms with Crippen LogP contribution in [0, 0.1) is 50.7 Å². The summed E-state index contributed by atoms with van der Waals surface area (Å²) in [5.41, 5.74) is 3.50. The van der Waals surface area contributed by atoms with E-state index in [0.29, 0.717) is 38.9 Å². The second-order valence-electron chi connectivity index (χ2n) is 21.5. The van der Waals surface area contributed by atoms with Crippen LogP contribution >= 0.6 is 36.0 Å². The molecule has 0 heterocycles. The van der Waals surface area contributed by atoms with Crippen LogP contribution in [-0.4, -0.2) is 24.6 Å². The summed E-state index contributed by atoms with van der Waals surface area (Å²) in [6, 6.07) is 0. The van der Waals surface area contributed by atoms with Crippen LogP contribution < -0.4 is 0 Å². The average Bonchev–Trinajstić information content (AvgIpc) is 2.81. The van der Waals surface area contributed by atoms with E-state index in [9.17, 15) is 0 Å². The van der Waals surface area contributed by atoms with E-state index in [1.54, 1.807) is 35.5 Å². The van der Waals surface area contributed by atoms with Gasteiger partial charge in [0.25, 0.3) is 0 Å². The number of hydrogen-bond donors (Lipinski definition) is 1. The number of rotatable bonds is 13. The van der Waals surface area contributed by atoms with Crippen molar-refractivity contribution >= 4 is 123 Å². The first-order valence-corrected chi connectivity index (χ1v) is 34.0. The van der Waals surface area contributed by atoms with E-state index in [0.717, 1.165) is 39.2 Å². The molecule has 0 aromatic heterocycles. The van der Waals surface area contributed by atoms with Crippen LogP contribution in [0.25, 0.3) is 0 Å². The van der Waals surface area contributed by atoms with Gasteiger partial charge < -0.3 is 0 Å². The summed E-state index contributed by atoms with van der Waals surface area (Å²) < 4.78 is 0. The largest absolute Gasteiger partial charge is 0.153 e. The Morgan fingerprint density at radius 3 is 1.02 bits per heavy atom. The van der Waals surface area contributed by atoms with Crippen LogP contribution in [0.2, 0.25) is 0 Å². The lowest BCUT2D eigenvalue weighted by Gasteiger charge is -2.30. The van der Waals surface area contributed by atoms with Gasteiger partial charge in [-0.1, -0.05) is 149 Å². The van der Waals surface area contributed by atoms with Crippen molar-refractivity contribution in [3.63, 3.8) is 0 Å². The lowest BCUT2D eigenvalue weighted by atomic mass is 9.86. The zero-order valence-electron chi connectivity index (χ0n) is 38.2. The molecule has 0 spiro atoms. The quantitative estimate of drug-likeness (QED) is 0.111. The van der Waals surface area contributed by atoms with Crippen LogP contribution in [0.4, 0.5) is 0 Å². The van der Waals surface area contributed by atoms with E-state index < -0.39 is 5.24 Å². The van der Waals surface area contributed by atoms with E-state index in [2.05, 4.69) is 167 Å². The highest BCUT2D eigenvalue weighted by Gasteiger charge is 2.25. The molecule has 13 heteroatoms. The Balaban J connectivity index is -0.000000206. The van der Waals surface area contributed by atoms with Gasteiger partial charge in [-0.25, -0.2) is 0 Å². The molecule has 0 rings (SSSR count). The van der Waals surface area contributed by atoms with Crippen molar-refractivity contribution in [1.29, 1.82) is 0 Å². The normalized spacial score (nSPS) is 15.5. The minimum absolute atomic E-state index is 0. The molecular weight excluding hydrogens is 894 g/mol. The third kappa shape index (κ3) is 64.7. The molecule has 0 radical (unpaired) electrons. The standard InChI is InChI=1S/C16H35PS2.C16H35P.C8H16.H3P.S8/c1-13(9-15(3,4)5)11-17(18,19)12-14(2)10-16(6,7)8;1-13(9-15(3,4)5)11-17-12-14(2)10-16(6,7)8;1-7(2)6-8(3,4)5;;1-3-5-7-8-6-4-2/h13-14H,9-12H2,1-8H3,(H,18,19);13-14,17H,9-12H2,1-8H3;1,6H2,2-5H3;1H3;. The topological polar surface area (TPSA) is 0 Å². The zero-order valence-corrected chi connectivity index (χ0v) is 49.7. The van der Waals surface area contributed by atoms with E-state index in [1.807, 2.05) is 0 Å². The van der Waals surface area contributed by atoms with E-state index >= 15 is 0 Å². The van der Waals surface area contributed by atoms with Gasteiger partial charge in [0.05, 0.1) is 0 Å². The Kier molecular flexibility index (Phi) is 40.8. The first kappa shape index (κ1) is 65.5. The predicted octanol–water partition coefficient (Wildman–Crippen LogP) is 15.3. The highest BCUT2D eigenvalue weighted by molar-refractivity contribution is 8.70. The molecule has 0 amide bonds. The fourth-order valence-electron chi connectivity index (χ4n) is 7.03. The van der Waals surface area contributed by atoms with Crippen molar-refractivity contribution in [2.75, 3.05) is 24.6 Å². The van der Waals surface area contributed by atoms with Gasteiger partial charge in [-0.15, -0.1) is 27.4 Å².